The molecule has 3 fully saturated rings. The van der Waals surface area contributed by atoms with E-state index in [0.717, 1.165) is 43.6 Å². The number of allylic oxidation sites excluding steroid dienone is 3. The summed E-state index contributed by atoms with van der Waals surface area (Å²) in [5.74, 6) is 2.58. The number of halogens is 1. The van der Waals surface area contributed by atoms with Crippen molar-refractivity contribution >= 4 is 23.8 Å². The Labute approximate surface area is 242 Å². The molecule has 218 valence electrons. The number of amides is 1. The van der Waals surface area contributed by atoms with Crippen molar-refractivity contribution in [2.75, 3.05) is 46.5 Å². The maximum Gasteiger partial charge on any atom is 0.252 e. The van der Waals surface area contributed by atoms with Crippen molar-refractivity contribution in [2.24, 2.45) is 17.8 Å². The van der Waals surface area contributed by atoms with Crippen LogP contribution in [0.1, 0.15) is 55.5 Å². The van der Waals surface area contributed by atoms with Crippen molar-refractivity contribution in [1.82, 2.24) is 15.5 Å². The third-order valence-corrected chi connectivity index (χ3v) is 9.59. The van der Waals surface area contributed by atoms with Crippen molar-refractivity contribution in [1.29, 1.82) is 0 Å². The average Bonchev–Trinajstić information content (AvgIpc) is 3.58. The van der Waals surface area contributed by atoms with Crippen molar-refractivity contribution in [3.05, 3.63) is 45.1 Å². The summed E-state index contributed by atoms with van der Waals surface area (Å²) < 4.78 is 18.3. The summed E-state index contributed by atoms with van der Waals surface area (Å²) in [5.41, 5.74) is 3.34. The third-order valence-electron chi connectivity index (χ3n) is 9.31. The number of nitrogens with zero attached hydrogens (tertiary/aromatic N) is 1. The molecule has 40 heavy (non-hydrogen) atoms. The van der Waals surface area contributed by atoms with Crippen LogP contribution in [0.2, 0.25) is 5.02 Å². The van der Waals surface area contributed by atoms with Crippen LogP contribution < -0.4 is 20.1 Å². The zero-order chi connectivity index (χ0) is 28.4. The number of hydrogen-bond donors (Lipinski definition) is 2. The Bertz CT molecular complexity index is 1180. The Hall–Kier alpha value is -2.55. The Morgan fingerprint density at radius 2 is 1.77 bits per heavy atom. The number of hydrogen-bond acceptors (Lipinski definition) is 7. The summed E-state index contributed by atoms with van der Waals surface area (Å²) >= 11 is 6.56. The van der Waals surface area contributed by atoms with Gasteiger partial charge < -0.3 is 24.8 Å². The van der Waals surface area contributed by atoms with E-state index in [2.05, 4.69) is 15.5 Å². The van der Waals surface area contributed by atoms with Crippen molar-refractivity contribution in [3.8, 4) is 11.5 Å². The van der Waals surface area contributed by atoms with Gasteiger partial charge in [-0.1, -0.05) is 11.6 Å². The molecular formula is C31H42ClN3O5. The summed E-state index contributed by atoms with van der Waals surface area (Å²) in [6.45, 7) is 10.4. The highest BCUT2D eigenvalue weighted by Crippen LogP contribution is 2.45. The standard InChI is InChI=1S/C31H42ClN3O5/c1-18(9-19(2)33-4)22(14-36)11-34-31(37)26-10-27(32)30-29(20(26)3)40-28(17-39-30)21-5-7-25(8-6-21)35-12-23-15-38-16-24(23)13-35/h9-10,14,21,23-25,28,33H,5-8,11-13,15-17H2,1-4H3,(H,34,37)/b19-9-,22-18-. The largest absolute Gasteiger partial charge is 0.484 e. The Kier molecular flexibility index (Phi) is 9.08. The Balaban J connectivity index is 1.22. The first kappa shape index (κ1) is 29.0. The van der Waals surface area contributed by atoms with Crippen LogP contribution in [0.25, 0.3) is 0 Å². The van der Waals surface area contributed by atoms with Gasteiger partial charge in [-0.2, -0.15) is 0 Å². The molecule has 2 saturated heterocycles. The van der Waals surface area contributed by atoms with Crippen molar-refractivity contribution in [3.63, 3.8) is 0 Å². The predicted molar refractivity (Wildman–Crippen MR) is 155 cm³/mol. The van der Waals surface area contributed by atoms with Crippen LogP contribution in [-0.2, 0) is 9.53 Å². The molecule has 1 saturated carbocycles. The van der Waals surface area contributed by atoms with E-state index in [-0.39, 0.29) is 18.6 Å². The van der Waals surface area contributed by atoms with Crippen molar-refractivity contribution < 1.29 is 23.8 Å². The highest BCUT2D eigenvalue weighted by Gasteiger charge is 2.42. The van der Waals surface area contributed by atoms with Crippen LogP contribution in [-0.4, -0.2) is 75.7 Å². The molecule has 4 aliphatic rings. The maximum atomic E-state index is 13.2. The first-order valence-corrected chi connectivity index (χ1v) is 14.9. The summed E-state index contributed by atoms with van der Waals surface area (Å²) in [5, 5.41) is 6.26. The second-order valence-electron chi connectivity index (χ2n) is 11.8. The maximum absolute atomic E-state index is 13.2. The number of rotatable bonds is 8. The third kappa shape index (κ3) is 6.04. The van der Waals surface area contributed by atoms with E-state index >= 15 is 0 Å². The average molecular weight is 572 g/mol. The van der Waals surface area contributed by atoms with Crippen molar-refractivity contribution in [2.45, 2.75) is 58.6 Å². The predicted octanol–water partition coefficient (Wildman–Crippen LogP) is 4.29. The zero-order valence-corrected chi connectivity index (χ0v) is 24.8. The number of aldehydes is 1. The van der Waals surface area contributed by atoms with Crippen LogP contribution in [0.5, 0.6) is 11.5 Å². The minimum absolute atomic E-state index is 0.0673. The second kappa shape index (κ2) is 12.5. The van der Waals surface area contributed by atoms with Crippen LogP contribution in [0.3, 0.4) is 0 Å². The molecule has 0 spiro atoms. The highest BCUT2D eigenvalue weighted by atomic mass is 35.5. The summed E-state index contributed by atoms with van der Waals surface area (Å²) in [4.78, 5) is 27.6. The topological polar surface area (TPSA) is 89.1 Å². The number of benzene rings is 1. The van der Waals surface area contributed by atoms with Gasteiger partial charge in [-0.25, -0.2) is 0 Å². The van der Waals surface area contributed by atoms with Gasteiger partial charge in [-0.05, 0) is 70.1 Å². The summed E-state index contributed by atoms with van der Waals surface area (Å²) in [6, 6.07) is 2.27. The number of fused-ring (bicyclic) bond motifs is 2. The monoisotopic (exact) mass is 571 g/mol. The minimum atomic E-state index is -0.310. The lowest BCUT2D eigenvalue weighted by Gasteiger charge is -2.39. The van der Waals surface area contributed by atoms with E-state index in [1.165, 1.54) is 25.9 Å². The molecule has 8 nitrogen and oxygen atoms in total. The van der Waals surface area contributed by atoms with E-state index in [4.69, 9.17) is 25.8 Å². The Morgan fingerprint density at radius 3 is 2.42 bits per heavy atom. The van der Waals surface area contributed by atoms with Crippen LogP contribution in [0.4, 0.5) is 0 Å². The molecule has 0 aromatic heterocycles. The molecule has 1 aromatic carbocycles. The lowest BCUT2D eigenvalue weighted by atomic mass is 9.82. The van der Waals surface area contributed by atoms with Gasteiger partial charge >= 0.3 is 0 Å². The zero-order valence-electron chi connectivity index (χ0n) is 24.1. The molecule has 3 atom stereocenters. The molecule has 1 aliphatic carbocycles. The fourth-order valence-electron chi connectivity index (χ4n) is 6.69. The molecule has 3 heterocycles. The number of carbonyl (C=O) groups excluding carboxylic acids is 2. The van der Waals surface area contributed by atoms with Gasteiger partial charge in [-0.3, -0.25) is 14.5 Å². The lowest BCUT2D eigenvalue weighted by Crippen LogP contribution is -2.43. The molecule has 1 aromatic rings. The van der Waals surface area contributed by atoms with E-state index < -0.39 is 0 Å². The molecule has 0 bridgehead atoms. The quantitative estimate of drug-likeness (QED) is 0.273. The van der Waals surface area contributed by atoms with Gasteiger partial charge in [0.25, 0.3) is 5.91 Å². The molecule has 0 radical (unpaired) electrons. The van der Waals surface area contributed by atoms with Gasteiger partial charge in [0.2, 0.25) is 0 Å². The van der Waals surface area contributed by atoms with Gasteiger partial charge in [0.1, 0.15) is 19.0 Å². The SMILES string of the molecule is CN/C(C)=C\C(C)=C(/C=O)CNC(=O)c1cc(Cl)c2c(c1C)OC(C1CCC(N3CC4COCC4C3)CC1)CO2. The van der Waals surface area contributed by atoms with Gasteiger partial charge in [-0.15, -0.1) is 0 Å². The lowest BCUT2D eigenvalue weighted by molar-refractivity contribution is -0.105. The van der Waals surface area contributed by atoms with Gasteiger partial charge in [0, 0.05) is 67.0 Å². The van der Waals surface area contributed by atoms with Crippen LogP contribution in [0.15, 0.2) is 29.0 Å². The van der Waals surface area contributed by atoms with Crippen LogP contribution in [0, 0.1) is 24.7 Å². The van der Waals surface area contributed by atoms with E-state index in [1.54, 1.807) is 6.07 Å². The summed E-state index contributed by atoms with van der Waals surface area (Å²) in [6.07, 6.45) is 7.14. The molecular weight excluding hydrogens is 530 g/mol. The van der Waals surface area contributed by atoms with Gasteiger partial charge in [0.05, 0.1) is 18.2 Å². The highest BCUT2D eigenvalue weighted by molar-refractivity contribution is 6.32. The number of carbonyl (C=O) groups is 2. The fraction of sp³-hybridized carbons (Fsp3) is 0.613. The van der Waals surface area contributed by atoms with Crippen LogP contribution >= 0.6 is 11.6 Å². The molecule has 5 rings (SSSR count). The first-order chi connectivity index (χ1) is 19.3. The van der Waals surface area contributed by atoms with E-state index in [1.807, 2.05) is 33.9 Å². The van der Waals surface area contributed by atoms with Gasteiger partial charge in [0.15, 0.2) is 11.5 Å². The molecule has 9 heteroatoms. The molecule has 3 aliphatic heterocycles. The minimum Gasteiger partial charge on any atom is -0.484 e. The number of ether oxygens (including phenoxy) is 3. The molecule has 1 amide bonds. The first-order valence-electron chi connectivity index (χ1n) is 14.5. The summed E-state index contributed by atoms with van der Waals surface area (Å²) in [7, 11) is 1.82. The van der Waals surface area contributed by atoms with E-state index in [0.29, 0.717) is 63.6 Å². The smallest absolute Gasteiger partial charge is 0.252 e. The number of nitrogens with one attached hydrogen (secondary N) is 2. The number of likely N-dealkylation sites (tertiary alicyclic amines) is 1. The second-order valence-corrected chi connectivity index (χ2v) is 12.2. The molecule has 3 unspecified atom stereocenters. The normalized spacial score (nSPS) is 29.0. The molecule has 2 N–H and O–H groups in total. The Morgan fingerprint density at radius 1 is 1.07 bits per heavy atom. The van der Waals surface area contributed by atoms with E-state index in [9.17, 15) is 9.59 Å². The fourth-order valence-corrected chi connectivity index (χ4v) is 6.94.